The summed E-state index contributed by atoms with van der Waals surface area (Å²) in [5.41, 5.74) is 0. The van der Waals surface area contributed by atoms with E-state index < -0.39 is 0 Å². The van der Waals surface area contributed by atoms with Crippen LogP contribution in [0.1, 0.15) is 91.9 Å². The van der Waals surface area contributed by atoms with E-state index in [9.17, 15) is 0 Å². The average Bonchev–Trinajstić information content (AvgIpc) is 2.47. The van der Waals surface area contributed by atoms with Gasteiger partial charge in [-0.05, 0) is 0 Å². The van der Waals surface area contributed by atoms with Crippen molar-refractivity contribution in [2.24, 2.45) is 0 Å². The van der Waals surface area contributed by atoms with Gasteiger partial charge in [-0.1, -0.05) is 91.9 Å². The van der Waals surface area contributed by atoms with Crippen LogP contribution in [0.25, 0.3) is 0 Å². The van der Waals surface area contributed by atoms with Crippen LogP contribution in [0.4, 0.5) is 0 Å². The van der Waals surface area contributed by atoms with Gasteiger partial charge in [0.2, 0.25) is 0 Å². The fourth-order valence-electron chi connectivity index (χ4n) is 2.41. The summed E-state index contributed by atoms with van der Waals surface area (Å²) in [5.74, 6) is 0. The maximum atomic E-state index is 2.34. The highest BCUT2D eigenvalue weighted by molar-refractivity contribution is 6.35. The third-order valence-electron chi connectivity index (χ3n) is 3.91. The Morgan fingerprint density at radius 3 is 1.40 bits per heavy atom. The van der Waals surface area contributed by atoms with E-state index in [4.69, 9.17) is 0 Å². The zero-order valence-electron chi connectivity index (χ0n) is 15.3. The second-order valence-corrected chi connectivity index (χ2v) is 10.8. The maximum absolute atomic E-state index is 2.34. The standard InChI is InChI=1S/C8H17.2C4H9.C2H5.2Mg/c1-3-5-7-8-6-4-2;2*1-3-4-2;1-2;;/h1,3-8H2,2H3;2*1,3-4H2,2H3;1H2,2H3;;. The second kappa shape index (κ2) is 25.5. The summed E-state index contributed by atoms with van der Waals surface area (Å²) in [6, 6.07) is 0. The molecule has 0 aromatic carbocycles. The number of rotatable bonds is 14. The molecule has 0 nitrogen and oxygen atoms in total. The molecule has 0 aliphatic rings. The zero-order valence-corrected chi connectivity index (χ0v) is 18.1. The van der Waals surface area contributed by atoms with Crippen LogP contribution in [0.2, 0.25) is 18.2 Å². The molecule has 0 atom stereocenters. The quantitative estimate of drug-likeness (QED) is 0.238. The second-order valence-electron chi connectivity index (χ2n) is 6.24. The largest absolute Gasteiger partial charge is 0.364 e. The maximum Gasteiger partial charge on any atom is 0.364 e. The van der Waals surface area contributed by atoms with E-state index in [0.717, 1.165) is 0 Å². The molecule has 0 radical (unpaired) electrons. The Balaban J connectivity index is 0. The zero-order chi connectivity index (χ0) is 15.3. The van der Waals surface area contributed by atoms with Gasteiger partial charge in [0.15, 0.2) is 0 Å². The molecule has 20 heavy (non-hydrogen) atoms. The van der Waals surface area contributed by atoms with Crippen molar-refractivity contribution in [1.29, 1.82) is 0 Å². The molecule has 0 amide bonds. The topological polar surface area (TPSA) is 0 Å². The van der Waals surface area contributed by atoms with E-state index in [1.807, 2.05) is 0 Å². The monoisotopic (exact) mass is 304 g/mol. The fourth-order valence-corrected chi connectivity index (χ4v) is 5.68. The smallest absolute Gasteiger partial charge is 0.149 e. The molecule has 0 aliphatic carbocycles. The average molecular weight is 305 g/mol. The first-order valence-corrected chi connectivity index (χ1v) is 13.8. The van der Waals surface area contributed by atoms with Crippen LogP contribution in [0.15, 0.2) is 0 Å². The molecule has 0 N–H and O–H groups in total. The lowest BCUT2D eigenvalue weighted by molar-refractivity contribution is 0.624. The van der Waals surface area contributed by atoms with Crippen LogP contribution in [0.3, 0.4) is 0 Å². The van der Waals surface area contributed by atoms with Gasteiger partial charge in [-0.25, -0.2) is 0 Å². The molecule has 0 unspecified atom stereocenters. The highest BCUT2D eigenvalue weighted by atomic mass is 24.5. The van der Waals surface area contributed by atoms with Crippen LogP contribution in [0, 0.1) is 0 Å². The van der Waals surface area contributed by atoms with Crippen molar-refractivity contribution < 1.29 is 0 Å². The lowest BCUT2D eigenvalue weighted by atomic mass is 10.1. The minimum atomic E-state index is 0.382. The minimum absolute atomic E-state index is 0.382. The highest BCUT2D eigenvalue weighted by Gasteiger charge is 1.92. The molecule has 0 saturated carbocycles. The molecule has 0 aromatic rings. The first-order valence-electron chi connectivity index (χ1n) is 9.83. The Hall–Kier alpha value is 1.53. The van der Waals surface area contributed by atoms with Crippen molar-refractivity contribution in [2.75, 3.05) is 0 Å². The van der Waals surface area contributed by atoms with E-state index in [0.29, 0.717) is 40.7 Å². The summed E-state index contributed by atoms with van der Waals surface area (Å²) in [5, 5.41) is 0. The van der Waals surface area contributed by atoms with Crippen molar-refractivity contribution >= 4 is 40.7 Å². The first kappa shape index (κ1) is 23.8. The third kappa shape index (κ3) is 27.8. The van der Waals surface area contributed by atoms with E-state index in [1.165, 1.54) is 68.8 Å². The minimum Gasteiger partial charge on any atom is -0.149 e. The molecule has 0 spiro atoms. The molecule has 116 valence electrons. The molecule has 0 aliphatic heterocycles. The Labute approximate surface area is 150 Å². The van der Waals surface area contributed by atoms with Crippen molar-refractivity contribution in [1.82, 2.24) is 0 Å². The van der Waals surface area contributed by atoms with Gasteiger partial charge < -0.3 is 0 Å². The van der Waals surface area contributed by atoms with Gasteiger partial charge in [0.05, 0.1) is 0 Å². The van der Waals surface area contributed by atoms with E-state index in [2.05, 4.69) is 27.7 Å². The van der Waals surface area contributed by atoms with Crippen LogP contribution >= 0.6 is 0 Å². The molecule has 0 saturated heterocycles. The SMILES string of the molecule is CCCCCCC[CH2][Mg][CH2]C.CCC[CH2][Mg][CH2]CCC. The molecule has 0 aromatic heterocycles. The number of unbranched alkanes of at least 4 members (excludes halogenated alkanes) is 7. The lowest BCUT2D eigenvalue weighted by Crippen LogP contribution is -1.87. The molecule has 0 rings (SSSR count). The van der Waals surface area contributed by atoms with Gasteiger partial charge in [-0.2, -0.15) is 0 Å². The number of hydrogen-bond donors (Lipinski definition) is 0. The third-order valence-corrected chi connectivity index (χ3v) is 7.62. The van der Waals surface area contributed by atoms with Crippen molar-refractivity contribution in [3.05, 3.63) is 0 Å². The van der Waals surface area contributed by atoms with Crippen molar-refractivity contribution in [3.63, 3.8) is 0 Å². The summed E-state index contributed by atoms with van der Waals surface area (Å²) in [6.07, 6.45) is 14.6. The van der Waals surface area contributed by atoms with Crippen LogP contribution in [0.5, 0.6) is 0 Å². The van der Waals surface area contributed by atoms with Gasteiger partial charge in [0, 0.05) is 0 Å². The highest BCUT2D eigenvalue weighted by Crippen LogP contribution is 2.07. The van der Waals surface area contributed by atoms with E-state index in [-0.39, 0.29) is 0 Å². The summed E-state index contributed by atoms with van der Waals surface area (Å²) in [4.78, 5) is 0. The lowest BCUT2D eigenvalue weighted by Gasteiger charge is -1.98. The Morgan fingerprint density at radius 1 is 0.450 bits per heavy atom. The molecule has 0 bridgehead atoms. The molecule has 0 fully saturated rings. The molecular weight excluding hydrogens is 265 g/mol. The van der Waals surface area contributed by atoms with Crippen LogP contribution in [-0.4, -0.2) is 40.7 Å². The normalized spacial score (nSPS) is 9.40. The number of hydrogen-bond acceptors (Lipinski definition) is 0. The first-order chi connectivity index (χ1) is 9.83. The summed E-state index contributed by atoms with van der Waals surface area (Å²) in [6.45, 7) is 9.19. The Morgan fingerprint density at radius 2 is 0.900 bits per heavy atom. The molecule has 0 heterocycles. The predicted molar refractivity (Wildman–Crippen MR) is 99.6 cm³/mol. The molecule has 2 heteroatoms. The van der Waals surface area contributed by atoms with Gasteiger partial charge in [0.1, 0.15) is 0 Å². The van der Waals surface area contributed by atoms with Gasteiger partial charge in [0.25, 0.3) is 0 Å². The van der Waals surface area contributed by atoms with Crippen LogP contribution < -0.4 is 0 Å². The summed E-state index contributed by atoms with van der Waals surface area (Å²) < 4.78 is 6.30. The van der Waals surface area contributed by atoms with Crippen LogP contribution in [-0.2, 0) is 0 Å². The van der Waals surface area contributed by atoms with E-state index >= 15 is 0 Å². The molecular formula is C18H40Mg2. The van der Waals surface area contributed by atoms with Gasteiger partial charge >= 0.3 is 40.7 Å². The fraction of sp³-hybridized carbons (Fsp3) is 1.00. The van der Waals surface area contributed by atoms with Gasteiger partial charge in [-0.15, -0.1) is 18.2 Å². The Bertz CT molecular complexity index is 123. The predicted octanol–water partition coefficient (Wildman–Crippen LogP) is 7.04. The van der Waals surface area contributed by atoms with Gasteiger partial charge in [-0.3, -0.25) is 0 Å². The van der Waals surface area contributed by atoms with Crippen molar-refractivity contribution in [2.45, 2.75) is 110 Å². The Kier molecular flexibility index (Phi) is 30.3. The van der Waals surface area contributed by atoms with E-state index in [1.54, 1.807) is 13.7 Å². The summed E-state index contributed by atoms with van der Waals surface area (Å²) in [7, 11) is 0. The van der Waals surface area contributed by atoms with Crippen molar-refractivity contribution in [3.8, 4) is 0 Å². The summed E-state index contributed by atoms with van der Waals surface area (Å²) >= 11 is 0.772.